The monoisotopic (exact) mass is 186 g/mol. The highest BCUT2D eigenvalue weighted by Gasteiger charge is 2.28. The SMILES string of the molecule is COCC(C)(C)N1CCN(C)CC1. The van der Waals surface area contributed by atoms with Gasteiger partial charge >= 0.3 is 0 Å². The Bertz CT molecular complexity index is 151. The van der Waals surface area contributed by atoms with Crippen LogP contribution in [-0.4, -0.2) is 62.3 Å². The summed E-state index contributed by atoms with van der Waals surface area (Å²) in [5.41, 5.74) is 0.190. The minimum Gasteiger partial charge on any atom is -0.383 e. The van der Waals surface area contributed by atoms with Crippen LogP contribution in [0, 0.1) is 0 Å². The van der Waals surface area contributed by atoms with Crippen LogP contribution in [0.25, 0.3) is 0 Å². The molecule has 1 saturated heterocycles. The summed E-state index contributed by atoms with van der Waals surface area (Å²) in [6.45, 7) is 9.99. The second-order valence-corrected chi connectivity index (χ2v) is 4.54. The van der Waals surface area contributed by atoms with Gasteiger partial charge in [-0.2, -0.15) is 0 Å². The van der Waals surface area contributed by atoms with Gasteiger partial charge in [0.15, 0.2) is 0 Å². The van der Waals surface area contributed by atoms with Gasteiger partial charge in [0.1, 0.15) is 0 Å². The predicted molar refractivity (Wildman–Crippen MR) is 55.0 cm³/mol. The van der Waals surface area contributed by atoms with E-state index in [-0.39, 0.29) is 5.54 Å². The van der Waals surface area contributed by atoms with Crippen molar-refractivity contribution in [1.29, 1.82) is 0 Å². The summed E-state index contributed by atoms with van der Waals surface area (Å²) in [6.07, 6.45) is 0. The molecule has 1 aliphatic heterocycles. The molecule has 0 radical (unpaired) electrons. The number of hydrogen-bond acceptors (Lipinski definition) is 3. The Morgan fingerprint density at radius 3 is 2.15 bits per heavy atom. The summed E-state index contributed by atoms with van der Waals surface area (Å²) >= 11 is 0. The van der Waals surface area contributed by atoms with Crippen LogP contribution in [0.1, 0.15) is 13.8 Å². The van der Waals surface area contributed by atoms with E-state index in [1.54, 1.807) is 7.11 Å². The number of nitrogens with zero attached hydrogens (tertiary/aromatic N) is 2. The Morgan fingerprint density at radius 2 is 1.69 bits per heavy atom. The second-order valence-electron chi connectivity index (χ2n) is 4.54. The minimum absolute atomic E-state index is 0.190. The third-order valence-corrected chi connectivity index (χ3v) is 2.86. The van der Waals surface area contributed by atoms with Gasteiger partial charge in [-0.1, -0.05) is 0 Å². The maximum Gasteiger partial charge on any atom is 0.0641 e. The van der Waals surface area contributed by atoms with Gasteiger partial charge < -0.3 is 9.64 Å². The molecule has 0 amide bonds. The molecule has 0 aromatic rings. The first-order valence-corrected chi connectivity index (χ1v) is 4.99. The molecule has 0 saturated carbocycles. The van der Waals surface area contributed by atoms with Crippen LogP contribution in [0.15, 0.2) is 0 Å². The number of ether oxygens (including phenoxy) is 1. The molecule has 0 atom stereocenters. The van der Waals surface area contributed by atoms with Crippen LogP contribution in [0.3, 0.4) is 0 Å². The van der Waals surface area contributed by atoms with Crippen LogP contribution in [0.5, 0.6) is 0 Å². The third kappa shape index (κ3) is 2.93. The predicted octanol–water partition coefficient (Wildman–Crippen LogP) is 0.659. The van der Waals surface area contributed by atoms with Crippen LogP contribution >= 0.6 is 0 Å². The van der Waals surface area contributed by atoms with Crippen molar-refractivity contribution in [2.24, 2.45) is 0 Å². The Hall–Kier alpha value is -0.120. The van der Waals surface area contributed by atoms with E-state index in [4.69, 9.17) is 4.74 Å². The molecule has 0 unspecified atom stereocenters. The van der Waals surface area contributed by atoms with E-state index in [9.17, 15) is 0 Å². The molecular weight excluding hydrogens is 164 g/mol. The molecule has 0 aliphatic carbocycles. The van der Waals surface area contributed by atoms with Gasteiger partial charge in [0.05, 0.1) is 6.61 Å². The first-order valence-electron chi connectivity index (χ1n) is 4.99. The summed E-state index contributed by atoms with van der Waals surface area (Å²) in [4.78, 5) is 4.88. The summed E-state index contributed by atoms with van der Waals surface area (Å²) in [6, 6.07) is 0. The lowest BCUT2D eigenvalue weighted by Crippen LogP contribution is -2.55. The van der Waals surface area contributed by atoms with Crippen LogP contribution < -0.4 is 0 Å². The fourth-order valence-corrected chi connectivity index (χ4v) is 1.86. The zero-order valence-corrected chi connectivity index (χ0v) is 9.34. The van der Waals surface area contributed by atoms with Crippen molar-refractivity contribution in [2.75, 3.05) is 46.9 Å². The van der Waals surface area contributed by atoms with Crippen molar-refractivity contribution in [3.63, 3.8) is 0 Å². The summed E-state index contributed by atoms with van der Waals surface area (Å²) in [5.74, 6) is 0. The zero-order chi connectivity index (χ0) is 9.90. The average Bonchev–Trinajstić information content (AvgIpc) is 2.05. The molecule has 1 aliphatic rings. The maximum absolute atomic E-state index is 5.23. The Kier molecular flexibility index (Phi) is 3.71. The molecule has 0 bridgehead atoms. The summed E-state index contributed by atoms with van der Waals surface area (Å²) in [7, 11) is 3.96. The molecular formula is C10H22N2O. The van der Waals surface area contributed by atoms with Gasteiger partial charge in [-0.25, -0.2) is 0 Å². The molecule has 0 aromatic heterocycles. The largest absolute Gasteiger partial charge is 0.383 e. The van der Waals surface area contributed by atoms with E-state index in [0.29, 0.717) is 0 Å². The average molecular weight is 186 g/mol. The summed E-state index contributed by atoms with van der Waals surface area (Å²) in [5, 5.41) is 0. The van der Waals surface area contributed by atoms with Crippen molar-refractivity contribution in [2.45, 2.75) is 19.4 Å². The minimum atomic E-state index is 0.190. The van der Waals surface area contributed by atoms with Gasteiger partial charge in [-0.05, 0) is 20.9 Å². The van der Waals surface area contributed by atoms with Gasteiger partial charge in [-0.15, -0.1) is 0 Å². The second kappa shape index (κ2) is 4.40. The first-order chi connectivity index (χ1) is 6.06. The lowest BCUT2D eigenvalue weighted by atomic mass is 10.0. The number of methoxy groups -OCH3 is 1. The van der Waals surface area contributed by atoms with Crippen molar-refractivity contribution in [3.8, 4) is 0 Å². The number of likely N-dealkylation sites (N-methyl/N-ethyl adjacent to an activating group) is 1. The maximum atomic E-state index is 5.23. The fraction of sp³-hybridized carbons (Fsp3) is 1.00. The highest BCUT2D eigenvalue weighted by molar-refractivity contribution is 4.84. The molecule has 0 N–H and O–H groups in total. The van der Waals surface area contributed by atoms with E-state index in [1.165, 1.54) is 13.1 Å². The smallest absolute Gasteiger partial charge is 0.0641 e. The quantitative estimate of drug-likeness (QED) is 0.644. The van der Waals surface area contributed by atoms with Gasteiger partial charge in [0, 0.05) is 38.8 Å². The molecule has 0 spiro atoms. The first kappa shape index (κ1) is 11.0. The number of rotatable bonds is 3. The van der Waals surface area contributed by atoms with Gasteiger partial charge in [0.25, 0.3) is 0 Å². The molecule has 1 rings (SSSR count). The topological polar surface area (TPSA) is 15.7 Å². The Balaban J connectivity index is 2.42. The van der Waals surface area contributed by atoms with Crippen LogP contribution in [0.2, 0.25) is 0 Å². The summed E-state index contributed by atoms with van der Waals surface area (Å²) < 4.78 is 5.23. The van der Waals surface area contributed by atoms with Crippen molar-refractivity contribution in [1.82, 2.24) is 9.80 Å². The van der Waals surface area contributed by atoms with E-state index >= 15 is 0 Å². The molecule has 1 heterocycles. The number of hydrogen-bond donors (Lipinski definition) is 0. The molecule has 0 aromatic carbocycles. The lowest BCUT2D eigenvalue weighted by Gasteiger charge is -2.42. The normalized spacial score (nSPS) is 22.2. The molecule has 13 heavy (non-hydrogen) atoms. The van der Waals surface area contributed by atoms with E-state index < -0.39 is 0 Å². The highest BCUT2D eigenvalue weighted by atomic mass is 16.5. The lowest BCUT2D eigenvalue weighted by molar-refractivity contribution is 0.00711. The molecule has 1 fully saturated rings. The molecule has 78 valence electrons. The van der Waals surface area contributed by atoms with E-state index in [0.717, 1.165) is 19.7 Å². The fourth-order valence-electron chi connectivity index (χ4n) is 1.86. The van der Waals surface area contributed by atoms with Crippen molar-refractivity contribution >= 4 is 0 Å². The molecule has 3 heteroatoms. The Labute approximate surface area is 81.7 Å². The number of piperazine rings is 1. The highest BCUT2D eigenvalue weighted by Crippen LogP contribution is 2.16. The van der Waals surface area contributed by atoms with Crippen molar-refractivity contribution < 1.29 is 4.74 Å². The Morgan fingerprint density at radius 1 is 1.15 bits per heavy atom. The van der Waals surface area contributed by atoms with Crippen LogP contribution in [0.4, 0.5) is 0 Å². The van der Waals surface area contributed by atoms with Gasteiger partial charge in [-0.3, -0.25) is 4.90 Å². The third-order valence-electron chi connectivity index (χ3n) is 2.86. The van der Waals surface area contributed by atoms with Gasteiger partial charge in [0.2, 0.25) is 0 Å². The zero-order valence-electron chi connectivity index (χ0n) is 9.34. The van der Waals surface area contributed by atoms with Crippen molar-refractivity contribution in [3.05, 3.63) is 0 Å². The van der Waals surface area contributed by atoms with Crippen LogP contribution in [-0.2, 0) is 4.74 Å². The van der Waals surface area contributed by atoms with E-state index in [1.807, 2.05) is 0 Å². The molecule has 3 nitrogen and oxygen atoms in total. The standard InChI is InChI=1S/C10H22N2O/c1-10(2,9-13-4)12-7-5-11(3)6-8-12/h5-9H2,1-4H3. The van der Waals surface area contributed by atoms with E-state index in [2.05, 4.69) is 30.7 Å².